The molecule has 0 fully saturated rings. The number of guanidine groups is 1. The molecule has 8 heteroatoms. The maximum absolute atomic E-state index is 5.93. The van der Waals surface area contributed by atoms with Gasteiger partial charge in [0.05, 0.1) is 20.2 Å². The lowest BCUT2D eigenvalue weighted by Crippen LogP contribution is -2.48. The average molecular weight is 358 g/mol. The number of aromatic nitrogens is 3. The number of nitrogens with zero attached hydrogens (tertiary/aromatic N) is 4. The van der Waals surface area contributed by atoms with Gasteiger partial charge in [-0.15, -0.1) is 0 Å². The van der Waals surface area contributed by atoms with Crippen LogP contribution in [0.2, 0.25) is 0 Å². The monoisotopic (exact) mass is 358 g/mol. The molecule has 2 unspecified atom stereocenters. The molecule has 0 saturated heterocycles. The average Bonchev–Trinajstić information content (AvgIpc) is 3.13. The zero-order chi connectivity index (χ0) is 18.4. The Balaban J connectivity index is 1.46. The molecule has 0 spiro atoms. The van der Waals surface area contributed by atoms with Gasteiger partial charge in [0.25, 0.3) is 0 Å². The maximum Gasteiger partial charge on any atom is 0.191 e. The van der Waals surface area contributed by atoms with Gasteiger partial charge in [-0.25, -0.2) is 9.67 Å². The standard InChI is InChI=1S/C18H26N6O2/c1-13(26-16-6-4-5-15(9-16)25-3)10-20-18(19-2)23-14-7-8-17-21-12-22-24(17)11-14/h4-6,9,12-14H,7-8,10-11H2,1-3H3,(H2,19,20,23). The van der Waals surface area contributed by atoms with E-state index in [2.05, 4.69) is 25.7 Å². The minimum Gasteiger partial charge on any atom is -0.497 e. The molecule has 0 radical (unpaired) electrons. The Morgan fingerprint density at radius 2 is 2.27 bits per heavy atom. The van der Waals surface area contributed by atoms with Gasteiger partial charge < -0.3 is 20.1 Å². The van der Waals surface area contributed by atoms with Crippen LogP contribution in [0.15, 0.2) is 35.6 Å². The Kier molecular flexibility index (Phi) is 5.93. The van der Waals surface area contributed by atoms with Gasteiger partial charge in [0.15, 0.2) is 5.96 Å². The van der Waals surface area contributed by atoms with Crippen molar-refractivity contribution in [2.75, 3.05) is 20.7 Å². The molecule has 26 heavy (non-hydrogen) atoms. The zero-order valence-corrected chi connectivity index (χ0v) is 15.5. The minimum atomic E-state index is -0.0195. The summed E-state index contributed by atoms with van der Waals surface area (Å²) in [6.07, 6.45) is 3.52. The Hall–Kier alpha value is -2.77. The lowest BCUT2D eigenvalue weighted by atomic mass is 10.1. The van der Waals surface area contributed by atoms with Crippen molar-refractivity contribution < 1.29 is 9.47 Å². The quantitative estimate of drug-likeness (QED) is 0.597. The Morgan fingerprint density at radius 1 is 1.42 bits per heavy atom. The molecule has 1 aliphatic heterocycles. The summed E-state index contributed by atoms with van der Waals surface area (Å²) in [4.78, 5) is 8.56. The second kappa shape index (κ2) is 8.55. The summed E-state index contributed by atoms with van der Waals surface area (Å²) in [5.41, 5.74) is 0. The molecule has 0 amide bonds. The number of aryl methyl sites for hydroxylation is 1. The predicted molar refractivity (Wildman–Crippen MR) is 99.7 cm³/mol. The molecule has 1 aromatic heterocycles. The first-order valence-corrected chi connectivity index (χ1v) is 8.82. The van der Waals surface area contributed by atoms with E-state index in [1.54, 1.807) is 20.5 Å². The van der Waals surface area contributed by atoms with E-state index >= 15 is 0 Å². The largest absolute Gasteiger partial charge is 0.497 e. The van der Waals surface area contributed by atoms with E-state index in [-0.39, 0.29) is 12.1 Å². The van der Waals surface area contributed by atoms with Crippen molar-refractivity contribution >= 4 is 5.96 Å². The van der Waals surface area contributed by atoms with Crippen LogP contribution in [0.5, 0.6) is 11.5 Å². The van der Waals surface area contributed by atoms with Crippen molar-refractivity contribution in [2.45, 2.75) is 38.5 Å². The number of nitrogens with one attached hydrogen (secondary N) is 2. The SMILES string of the molecule is CN=C(NCC(C)Oc1cccc(OC)c1)NC1CCc2ncnn2C1. The molecule has 1 aromatic carbocycles. The van der Waals surface area contributed by atoms with Crippen LogP contribution in [-0.2, 0) is 13.0 Å². The highest BCUT2D eigenvalue weighted by molar-refractivity contribution is 5.80. The van der Waals surface area contributed by atoms with E-state index in [0.717, 1.165) is 42.7 Å². The van der Waals surface area contributed by atoms with Crippen LogP contribution in [0.4, 0.5) is 0 Å². The number of aliphatic imine (C=N–C) groups is 1. The number of benzene rings is 1. The summed E-state index contributed by atoms with van der Waals surface area (Å²) >= 11 is 0. The number of hydrogen-bond acceptors (Lipinski definition) is 5. The fourth-order valence-electron chi connectivity index (χ4n) is 2.93. The van der Waals surface area contributed by atoms with Crippen molar-refractivity contribution in [1.82, 2.24) is 25.4 Å². The molecule has 3 rings (SSSR count). The number of hydrogen-bond donors (Lipinski definition) is 2. The molecule has 0 aliphatic carbocycles. The van der Waals surface area contributed by atoms with Gasteiger partial charge in [-0.1, -0.05) is 6.07 Å². The Labute approximate surface area is 153 Å². The molecule has 0 bridgehead atoms. The van der Waals surface area contributed by atoms with Gasteiger partial charge in [-0.3, -0.25) is 4.99 Å². The fourth-order valence-corrected chi connectivity index (χ4v) is 2.93. The Morgan fingerprint density at radius 3 is 3.08 bits per heavy atom. The normalized spacial score (nSPS) is 18.0. The van der Waals surface area contributed by atoms with Gasteiger partial charge in [0, 0.05) is 25.6 Å². The zero-order valence-electron chi connectivity index (χ0n) is 15.5. The van der Waals surface area contributed by atoms with Gasteiger partial charge in [-0.2, -0.15) is 5.10 Å². The van der Waals surface area contributed by atoms with E-state index in [1.807, 2.05) is 35.9 Å². The highest BCUT2D eigenvalue weighted by Crippen LogP contribution is 2.19. The lowest BCUT2D eigenvalue weighted by Gasteiger charge is -2.26. The van der Waals surface area contributed by atoms with E-state index in [9.17, 15) is 0 Å². The van der Waals surface area contributed by atoms with E-state index in [0.29, 0.717) is 6.54 Å². The van der Waals surface area contributed by atoms with Crippen molar-refractivity contribution in [3.05, 3.63) is 36.4 Å². The van der Waals surface area contributed by atoms with E-state index in [1.165, 1.54) is 0 Å². The predicted octanol–water partition coefficient (Wildman–Crippen LogP) is 1.23. The lowest BCUT2D eigenvalue weighted by molar-refractivity contribution is 0.222. The summed E-state index contributed by atoms with van der Waals surface area (Å²) in [5.74, 6) is 3.38. The van der Waals surface area contributed by atoms with Gasteiger partial charge in [0.1, 0.15) is 29.8 Å². The molecule has 0 saturated carbocycles. The first-order valence-electron chi connectivity index (χ1n) is 8.82. The van der Waals surface area contributed by atoms with Gasteiger partial charge in [0.2, 0.25) is 0 Å². The number of ether oxygens (including phenoxy) is 2. The van der Waals surface area contributed by atoms with Crippen molar-refractivity contribution in [1.29, 1.82) is 0 Å². The summed E-state index contributed by atoms with van der Waals surface area (Å²) in [5, 5.41) is 11.0. The smallest absolute Gasteiger partial charge is 0.191 e. The highest BCUT2D eigenvalue weighted by Gasteiger charge is 2.20. The van der Waals surface area contributed by atoms with Crippen LogP contribution >= 0.6 is 0 Å². The third kappa shape index (κ3) is 4.65. The molecule has 2 N–H and O–H groups in total. The van der Waals surface area contributed by atoms with E-state index in [4.69, 9.17) is 9.47 Å². The van der Waals surface area contributed by atoms with Crippen LogP contribution in [0, 0.1) is 0 Å². The Bertz CT molecular complexity index is 745. The first kappa shape index (κ1) is 18.0. The summed E-state index contributed by atoms with van der Waals surface area (Å²) < 4.78 is 13.1. The van der Waals surface area contributed by atoms with Crippen LogP contribution < -0.4 is 20.1 Å². The van der Waals surface area contributed by atoms with Crippen molar-refractivity contribution in [3.8, 4) is 11.5 Å². The molecule has 2 atom stereocenters. The molecule has 2 aromatic rings. The summed E-state index contributed by atoms with van der Waals surface area (Å²) in [6.45, 7) is 3.45. The van der Waals surface area contributed by atoms with Crippen molar-refractivity contribution in [2.24, 2.45) is 4.99 Å². The molecule has 8 nitrogen and oxygen atoms in total. The van der Waals surface area contributed by atoms with E-state index < -0.39 is 0 Å². The molecular weight excluding hydrogens is 332 g/mol. The van der Waals surface area contributed by atoms with Crippen LogP contribution in [0.3, 0.4) is 0 Å². The topological polar surface area (TPSA) is 85.6 Å². The number of fused-ring (bicyclic) bond motifs is 1. The third-order valence-corrected chi connectivity index (χ3v) is 4.31. The van der Waals surface area contributed by atoms with Crippen molar-refractivity contribution in [3.63, 3.8) is 0 Å². The first-order chi connectivity index (χ1) is 12.7. The summed E-state index contributed by atoms with van der Waals surface area (Å²) in [7, 11) is 3.42. The second-order valence-corrected chi connectivity index (χ2v) is 6.30. The van der Waals surface area contributed by atoms with Gasteiger partial charge in [-0.05, 0) is 25.5 Å². The number of rotatable bonds is 6. The number of methoxy groups -OCH3 is 1. The third-order valence-electron chi connectivity index (χ3n) is 4.31. The fraction of sp³-hybridized carbons (Fsp3) is 0.500. The maximum atomic E-state index is 5.93. The van der Waals surface area contributed by atoms with Crippen LogP contribution in [0.1, 0.15) is 19.2 Å². The van der Waals surface area contributed by atoms with Crippen LogP contribution in [0.25, 0.3) is 0 Å². The summed E-state index contributed by atoms with van der Waals surface area (Å²) in [6, 6.07) is 7.89. The molecule has 140 valence electrons. The molecule has 1 aliphatic rings. The van der Waals surface area contributed by atoms with Crippen LogP contribution in [-0.4, -0.2) is 53.6 Å². The molecule has 2 heterocycles. The molecular formula is C18H26N6O2. The van der Waals surface area contributed by atoms with Gasteiger partial charge >= 0.3 is 0 Å². The highest BCUT2D eigenvalue weighted by atomic mass is 16.5. The second-order valence-electron chi connectivity index (χ2n) is 6.30. The minimum absolute atomic E-state index is 0.0195.